The third-order valence-electron chi connectivity index (χ3n) is 2.84. The molecule has 6 heteroatoms. The molecule has 0 bridgehead atoms. The van der Waals surface area contributed by atoms with Crippen molar-refractivity contribution in [1.29, 1.82) is 0 Å². The summed E-state index contributed by atoms with van der Waals surface area (Å²) in [5.41, 5.74) is -0.719. The van der Waals surface area contributed by atoms with E-state index in [2.05, 4.69) is 0 Å². The van der Waals surface area contributed by atoms with Gasteiger partial charge < -0.3 is 25.2 Å². The van der Waals surface area contributed by atoms with Gasteiger partial charge in [0.05, 0.1) is 6.61 Å². The molecule has 1 aliphatic rings. The Bertz CT molecular complexity index is 372. The van der Waals surface area contributed by atoms with Gasteiger partial charge in [0.1, 0.15) is 29.9 Å². The molecule has 5 nitrogen and oxygen atoms in total. The van der Waals surface area contributed by atoms with Crippen molar-refractivity contribution in [2.24, 2.45) is 0 Å². The number of hydrogen-bond donors (Lipinski definition) is 4. The Labute approximate surface area is 109 Å². The molecule has 1 heterocycles. The van der Waals surface area contributed by atoms with Gasteiger partial charge in [-0.1, -0.05) is 30.0 Å². The molecule has 5 atom stereocenters. The fraction of sp³-hybridized carbons (Fsp3) is 0.500. The van der Waals surface area contributed by atoms with Crippen LogP contribution in [0.1, 0.15) is 0 Å². The third kappa shape index (κ3) is 2.85. The molecule has 4 N–H and O–H groups in total. The molecular weight excluding hydrogens is 256 g/mol. The zero-order valence-corrected chi connectivity index (χ0v) is 10.4. The first-order chi connectivity index (χ1) is 8.63. The summed E-state index contributed by atoms with van der Waals surface area (Å²) in [5, 5.41) is 38.2. The van der Waals surface area contributed by atoms with Gasteiger partial charge in [-0.15, -0.1) is 0 Å². The van der Waals surface area contributed by atoms with Crippen molar-refractivity contribution in [3.8, 4) is 0 Å². The van der Waals surface area contributed by atoms with Crippen LogP contribution in [0.2, 0.25) is 0 Å². The van der Waals surface area contributed by atoms with E-state index in [1.54, 1.807) is 0 Å². The Kier molecular flexibility index (Phi) is 4.60. The first kappa shape index (κ1) is 13.8. The van der Waals surface area contributed by atoms with Gasteiger partial charge in [-0.05, 0) is 12.1 Å². The van der Waals surface area contributed by atoms with E-state index < -0.39 is 36.5 Å². The normalized spacial score (nSPS) is 36.6. The van der Waals surface area contributed by atoms with Crippen LogP contribution < -0.4 is 0 Å². The SMILES string of the molecule is OC[C@H]1O[C@@H](Sc2ccccc2)[C@H](O)[C@H](O)[C@H]1O. The lowest BCUT2D eigenvalue weighted by molar-refractivity contribution is -0.205. The molecule has 0 radical (unpaired) electrons. The van der Waals surface area contributed by atoms with Crippen molar-refractivity contribution in [3.05, 3.63) is 30.3 Å². The summed E-state index contributed by atoms with van der Waals surface area (Å²) in [6.07, 6.45) is -4.69. The number of rotatable bonds is 3. The molecule has 0 aromatic heterocycles. The summed E-state index contributed by atoms with van der Waals surface area (Å²) in [4.78, 5) is 0.877. The van der Waals surface area contributed by atoms with E-state index >= 15 is 0 Å². The molecule has 0 saturated carbocycles. The lowest BCUT2D eigenvalue weighted by Gasteiger charge is -2.39. The average molecular weight is 272 g/mol. The zero-order chi connectivity index (χ0) is 13.1. The van der Waals surface area contributed by atoms with E-state index in [1.807, 2.05) is 30.3 Å². The Morgan fingerprint density at radius 2 is 1.67 bits per heavy atom. The highest BCUT2D eigenvalue weighted by Crippen LogP contribution is 2.32. The molecule has 18 heavy (non-hydrogen) atoms. The summed E-state index contributed by atoms with van der Waals surface area (Å²) in [5.74, 6) is 0. The first-order valence-electron chi connectivity index (χ1n) is 5.65. The summed E-state index contributed by atoms with van der Waals surface area (Å²) < 4.78 is 5.39. The Balaban J connectivity index is 2.08. The predicted octanol–water partition coefficient (Wildman–Crippen LogP) is -0.421. The number of aliphatic hydroxyl groups excluding tert-OH is 4. The van der Waals surface area contributed by atoms with Gasteiger partial charge in [-0.3, -0.25) is 0 Å². The predicted molar refractivity (Wildman–Crippen MR) is 66.1 cm³/mol. The molecule has 100 valence electrons. The van der Waals surface area contributed by atoms with E-state index in [1.165, 1.54) is 11.8 Å². The van der Waals surface area contributed by atoms with Crippen molar-refractivity contribution in [2.75, 3.05) is 6.61 Å². The lowest BCUT2D eigenvalue weighted by atomic mass is 10.0. The van der Waals surface area contributed by atoms with Gasteiger partial charge in [0.15, 0.2) is 0 Å². The number of ether oxygens (including phenoxy) is 1. The second-order valence-electron chi connectivity index (χ2n) is 4.13. The molecule has 2 rings (SSSR count). The molecule has 0 aliphatic carbocycles. The van der Waals surface area contributed by atoms with Gasteiger partial charge in [0.25, 0.3) is 0 Å². The van der Waals surface area contributed by atoms with Crippen LogP contribution >= 0.6 is 11.8 Å². The molecule has 1 aromatic carbocycles. The molecule has 1 fully saturated rings. The summed E-state index contributed by atoms with van der Waals surface area (Å²) in [6, 6.07) is 9.29. The van der Waals surface area contributed by atoms with Crippen molar-refractivity contribution >= 4 is 11.8 Å². The van der Waals surface area contributed by atoms with Crippen LogP contribution in [-0.2, 0) is 4.74 Å². The van der Waals surface area contributed by atoms with Crippen molar-refractivity contribution in [3.63, 3.8) is 0 Å². The summed E-state index contributed by atoms with van der Waals surface area (Å²) in [6.45, 7) is -0.406. The fourth-order valence-electron chi connectivity index (χ4n) is 1.80. The minimum atomic E-state index is -1.32. The highest BCUT2D eigenvalue weighted by Gasteiger charge is 2.43. The highest BCUT2D eigenvalue weighted by molar-refractivity contribution is 7.99. The molecule has 0 spiro atoms. The van der Waals surface area contributed by atoms with Crippen LogP contribution in [0.25, 0.3) is 0 Å². The Morgan fingerprint density at radius 1 is 1.00 bits per heavy atom. The smallest absolute Gasteiger partial charge is 0.136 e. The maximum absolute atomic E-state index is 9.85. The minimum absolute atomic E-state index is 0.406. The summed E-state index contributed by atoms with van der Waals surface area (Å²) >= 11 is 1.24. The van der Waals surface area contributed by atoms with Crippen LogP contribution in [0.3, 0.4) is 0 Å². The number of hydrogen-bond acceptors (Lipinski definition) is 6. The Hall–Kier alpha value is -0.630. The summed E-state index contributed by atoms with van der Waals surface area (Å²) in [7, 11) is 0. The maximum atomic E-state index is 9.85. The van der Waals surface area contributed by atoms with E-state index in [0.29, 0.717) is 0 Å². The second-order valence-corrected chi connectivity index (χ2v) is 5.30. The zero-order valence-electron chi connectivity index (χ0n) is 9.59. The standard InChI is InChI=1S/C12H16O5S/c13-6-8-9(14)10(15)11(16)12(17-8)18-7-4-2-1-3-5-7/h1-5,8-16H,6H2/t8-,9+,10-,11-,12+/m1/s1. The lowest BCUT2D eigenvalue weighted by Crippen LogP contribution is -2.57. The number of aliphatic hydroxyl groups is 4. The Morgan fingerprint density at radius 3 is 2.28 bits per heavy atom. The highest BCUT2D eigenvalue weighted by atomic mass is 32.2. The monoisotopic (exact) mass is 272 g/mol. The first-order valence-corrected chi connectivity index (χ1v) is 6.53. The topological polar surface area (TPSA) is 90.2 Å². The average Bonchev–Trinajstić information content (AvgIpc) is 2.40. The van der Waals surface area contributed by atoms with Gasteiger partial charge in [-0.25, -0.2) is 0 Å². The van der Waals surface area contributed by atoms with Crippen LogP contribution in [0, 0.1) is 0 Å². The van der Waals surface area contributed by atoms with Gasteiger partial charge in [0.2, 0.25) is 0 Å². The van der Waals surface area contributed by atoms with Gasteiger partial charge >= 0.3 is 0 Å². The molecule has 0 amide bonds. The van der Waals surface area contributed by atoms with E-state index in [9.17, 15) is 15.3 Å². The largest absolute Gasteiger partial charge is 0.394 e. The minimum Gasteiger partial charge on any atom is -0.394 e. The van der Waals surface area contributed by atoms with Gasteiger partial charge in [-0.2, -0.15) is 0 Å². The number of thioether (sulfide) groups is 1. The quantitative estimate of drug-likeness (QED) is 0.597. The van der Waals surface area contributed by atoms with Crippen molar-refractivity contribution in [1.82, 2.24) is 0 Å². The van der Waals surface area contributed by atoms with Gasteiger partial charge in [0, 0.05) is 4.90 Å². The van der Waals surface area contributed by atoms with E-state index in [0.717, 1.165) is 4.90 Å². The van der Waals surface area contributed by atoms with Crippen LogP contribution in [0.5, 0.6) is 0 Å². The van der Waals surface area contributed by atoms with Crippen molar-refractivity contribution in [2.45, 2.75) is 34.7 Å². The fourth-order valence-corrected chi connectivity index (χ4v) is 2.88. The van der Waals surface area contributed by atoms with Crippen LogP contribution in [-0.4, -0.2) is 56.9 Å². The van der Waals surface area contributed by atoms with Crippen molar-refractivity contribution < 1.29 is 25.2 Å². The molecule has 0 unspecified atom stereocenters. The van der Waals surface area contributed by atoms with E-state index in [4.69, 9.17) is 9.84 Å². The van der Waals surface area contributed by atoms with Crippen LogP contribution in [0.15, 0.2) is 35.2 Å². The van der Waals surface area contributed by atoms with E-state index in [-0.39, 0.29) is 0 Å². The number of benzene rings is 1. The molecule has 1 aromatic rings. The van der Waals surface area contributed by atoms with Crippen LogP contribution in [0.4, 0.5) is 0 Å². The maximum Gasteiger partial charge on any atom is 0.136 e. The second kappa shape index (κ2) is 6.01. The molecule has 1 saturated heterocycles. The molecule has 1 aliphatic heterocycles. The molecular formula is C12H16O5S. The third-order valence-corrected chi connectivity index (χ3v) is 4.01.